The van der Waals surface area contributed by atoms with E-state index < -0.39 is 0 Å². The molecule has 0 saturated carbocycles. The molecule has 1 atom stereocenters. The summed E-state index contributed by atoms with van der Waals surface area (Å²) in [4.78, 5) is 32.4. The summed E-state index contributed by atoms with van der Waals surface area (Å²) >= 11 is 0. The number of aromatic nitrogens is 2. The van der Waals surface area contributed by atoms with E-state index in [0.717, 1.165) is 16.7 Å². The highest BCUT2D eigenvalue weighted by molar-refractivity contribution is 5.94. The third-order valence-electron chi connectivity index (χ3n) is 4.56. The number of aryl methyl sites for hydroxylation is 1. The number of aromatic amines is 1. The molecule has 3 aromatic rings. The fourth-order valence-electron chi connectivity index (χ4n) is 3.35. The van der Waals surface area contributed by atoms with Gasteiger partial charge in [-0.05, 0) is 18.1 Å². The van der Waals surface area contributed by atoms with Gasteiger partial charge in [0.25, 0.3) is 5.56 Å². The predicted molar refractivity (Wildman–Crippen MR) is 96.6 cm³/mol. The number of nitrogens with zero attached hydrogens (tertiary/aromatic N) is 1. The minimum Gasteiger partial charge on any atom is -0.310 e. The first-order valence-electron chi connectivity index (χ1n) is 8.18. The van der Waals surface area contributed by atoms with Crippen LogP contribution in [0, 0.1) is 6.92 Å². The largest absolute Gasteiger partial charge is 0.310 e. The van der Waals surface area contributed by atoms with Gasteiger partial charge in [0, 0.05) is 17.9 Å². The van der Waals surface area contributed by atoms with Crippen LogP contribution in [0.1, 0.15) is 29.0 Å². The molecular formula is C20H17N3O2. The predicted octanol–water partition coefficient (Wildman–Crippen LogP) is 3.22. The zero-order valence-electron chi connectivity index (χ0n) is 13.7. The van der Waals surface area contributed by atoms with E-state index in [4.69, 9.17) is 0 Å². The maximum atomic E-state index is 12.8. The zero-order valence-corrected chi connectivity index (χ0v) is 13.7. The third kappa shape index (κ3) is 2.74. The van der Waals surface area contributed by atoms with Crippen LogP contribution in [-0.4, -0.2) is 15.9 Å². The molecule has 124 valence electrons. The van der Waals surface area contributed by atoms with Crippen molar-refractivity contribution in [2.75, 3.05) is 5.32 Å². The van der Waals surface area contributed by atoms with Crippen molar-refractivity contribution in [3.8, 4) is 11.4 Å². The van der Waals surface area contributed by atoms with E-state index in [0.29, 0.717) is 17.2 Å². The molecule has 4 rings (SSSR count). The van der Waals surface area contributed by atoms with Gasteiger partial charge < -0.3 is 10.3 Å². The first kappa shape index (κ1) is 15.3. The number of benzene rings is 2. The number of hydrogen-bond acceptors (Lipinski definition) is 3. The van der Waals surface area contributed by atoms with Gasteiger partial charge in [0.1, 0.15) is 11.6 Å². The normalized spacial score (nSPS) is 16.2. The van der Waals surface area contributed by atoms with Gasteiger partial charge in [-0.2, -0.15) is 0 Å². The van der Waals surface area contributed by atoms with Crippen LogP contribution < -0.4 is 10.9 Å². The van der Waals surface area contributed by atoms with Gasteiger partial charge in [-0.15, -0.1) is 0 Å². The maximum absolute atomic E-state index is 12.8. The fourth-order valence-corrected chi connectivity index (χ4v) is 3.35. The fraction of sp³-hybridized carbons (Fsp3) is 0.150. The number of carbonyl (C=O) groups excluding carboxylic acids is 1. The number of hydrogen-bond donors (Lipinski definition) is 2. The van der Waals surface area contributed by atoms with Crippen molar-refractivity contribution in [3.63, 3.8) is 0 Å². The molecule has 0 bridgehead atoms. The summed E-state index contributed by atoms with van der Waals surface area (Å²) in [6.45, 7) is 1.99. The maximum Gasteiger partial charge on any atom is 0.257 e. The molecule has 0 aliphatic carbocycles. The molecule has 0 radical (unpaired) electrons. The van der Waals surface area contributed by atoms with E-state index in [2.05, 4.69) is 15.3 Å². The second kappa shape index (κ2) is 6.02. The molecule has 5 nitrogen and oxygen atoms in total. The van der Waals surface area contributed by atoms with Gasteiger partial charge in [-0.3, -0.25) is 9.59 Å². The summed E-state index contributed by atoms with van der Waals surface area (Å²) in [5, 5.41) is 2.76. The molecule has 0 unspecified atom stereocenters. The minimum atomic E-state index is -0.286. The van der Waals surface area contributed by atoms with Crippen LogP contribution >= 0.6 is 0 Å². The molecule has 25 heavy (non-hydrogen) atoms. The molecule has 2 N–H and O–H groups in total. The summed E-state index contributed by atoms with van der Waals surface area (Å²) in [5.41, 5.74) is 3.15. The van der Waals surface area contributed by atoms with Gasteiger partial charge in [0.15, 0.2) is 0 Å². The zero-order chi connectivity index (χ0) is 17.4. The van der Waals surface area contributed by atoms with Crippen molar-refractivity contribution in [1.82, 2.24) is 9.97 Å². The minimum absolute atomic E-state index is 0.127. The van der Waals surface area contributed by atoms with Crippen LogP contribution in [0.5, 0.6) is 0 Å². The Balaban J connectivity index is 1.89. The number of rotatable bonds is 2. The summed E-state index contributed by atoms with van der Waals surface area (Å²) in [6.07, 6.45) is 0.243. The van der Waals surface area contributed by atoms with Crippen LogP contribution in [0.25, 0.3) is 11.4 Å². The van der Waals surface area contributed by atoms with E-state index in [-0.39, 0.29) is 23.8 Å². The lowest BCUT2D eigenvalue weighted by Crippen LogP contribution is -2.31. The molecule has 1 aliphatic rings. The molecule has 0 saturated heterocycles. The van der Waals surface area contributed by atoms with Crippen molar-refractivity contribution in [2.45, 2.75) is 19.3 Å². The second-order valence-electron chi connectivity index (χ2n) is 6.20. The summed E-state index contributed by atoms with van der Waals surface area (Å²) in [6, 6.07) is 17.2. The highest BCUT2D eigenvalue weighted by Crippen LogP contribution is 2.35. The Kier molecular flexibility index (Phi) is 3.69. The Morgan fingerprint density at radius 3 is 2.48 bits per heavy atom. The summed E-state index contributed by atoms with van der Waals surface area (Å²) in [7, 11) is 0. The quantitative estimate of drug-likeness (QED) is 0.757. The SMILES string of the molecule is Cc1ccccc1[C@H]1CC(=O)Nc2nc(-c3ccccc3)[nH]c(=O)c21. The highest BCUT2D eigenvalue weighted by atomic mass is 16.2. The molecule has 1 amide bonds. The Bertz CT molecular complexity index is 1010. The number of amides is 1. The van der Waals surface area contributed by atoms with Crippen molar-refractivity contribution in [2.24, 2.45) is 0 Å². The number of nitrogens with one attached hydrogen (secondary N) is 2. The second-order valence-corrected chi connectivity index (χ2v) is 6.20. The van der Waals surface area contributed by atoms with Crippen LogP contribution in [0.3, 0.4) is 0 Å². The molecule has 0 fully saturated rings. The standard InChI is InChI=1S/C20H17N3O2/c1-12-7-5-6-10-14(12)15-11-16(24)21-19-17(15)20(25)23-18(22-19)13-8-3-2-4-9-13/h2-10,15H,11H2,1H3,(H2,21,22,23,24,25)/t15-/m1/s1. The van der Waals surface area contributed by atoms with Crippen molar-refractivity contribution < 1.29 is 4.79 Å². The van der Waals surface area contributed by atoms with E-state index in [1.165, 1.54) is 0 Å². The monoisotopic (exact) mass is 331 g/mol. The molecule has 0 spiro atoms. The molecule has 2 aromatic carbocycles. The van der Waals surface area contributed by atoms with Crippen LogP contribution in [0.15, 0.2) is 59.4 Å². The van der Waals surface area contributed by atoms with Crippen molar-refractivity contribution >= 4 is 11.7 Å². The first-order chi connectivity index (χ1) is 12.1. The van der Waals surface area contributed by atoms with E-state index in [9.17, 15) is 9.59 Å². The Hall–Kier alpha value is -3.21. The van der Waals surface area contributed by atoms with E-state index in [1.807, 2.05) is 61.5 Å². The van der Waals surface area contributed by atoms with E-state index in [1.54, 1.807) is 0 Å². The molecule has 5 heteroatoms. The topological polar surface area (TPSA) is 74.8 Å². The van der Waals surface area contributed by atoms with Crippen LogP contribution in [0.2, 0.25) is 0 Å². The number of H-pyrrole nitrogens is 1. The van der Waals surface area contributed by atoms with Crippen LogP contribution in [-0.2, 0) is 4.79 Å². The van der Waals surface area contributed by atoms with Crippen LogP contribution in [0.4, 0.5) is 5.82 Å². The van der Waals surface area contributed by atoms with E-state index >= 15 is 0 Å². The highest BCUT2D eigenvalue weighted by Gasteiger charge is 2.31. The molecule has 1 aliphatic heterocycles. The third-order valence-corrected chi connectivity index (χ3v) is 4.56. The van der Waals surface area contributed by atoms with Gasteiger partial charge in [-0.25, -0.2) is 4.98 Å². The smallest absolute Gasteiger partial charge is 0.257 e. The average Bonchev–Trinajstić information content (AvgIpc) is 2.62. The van der Waals surface area contributed by atoms with Crippen molar-refractivity contribution in [3.05, 3.63) is 81.6 Å². The van der Waals surface area contributed by atoms with Gasteiger partial charge in [0.2, 0.25) is 5.91 Å². The van der Waals surface area contributed by atoms with Gasteiger partial charge >= 0.3 is 0 Å². The molecular weight excluding hydrogens is 314 g/mol. The lowest BCUT2D eigenvalue weighted by molar-refractivity contribution is -0.116. The number of carbonyl (C=O) groups is 1. The first-order valence-corrected chi connectivity index (χ1v) is 8.18. The van der Waals surface area contributed by atoms with Gasteiger partial charge in [-0.1, -0.05) is 54.6 Å². The average molecular weight is 331 g/mol. The molecule has 1 aromatic heterocycles. The lowest BCUT2D eigenvalue weighted by atomic mass is 9.84. The molecule has 2 heterocycles. The number of fused-ring (bicyclic) bond motifs is 1. The van der Waals surface area contributed by atoms with Gasteiger partial charge in [0.05, 0.1) is 5.56 Å². The number of anilines is 1. The Labute approximate surface area is 144 Å². The summed E-state index contributed by atoms with van der Waals surface area (Å²) < 4.78 is 0. The van der Waals surface area contributed by atoms with Crippen molar-refractivity contribution in [1.29, 1.82) is 0 Å². The Morgan fingerprint density at radius 2 is 1.72 bits per heavy atom. The Morgan fingerprint density at radius 1 is 1.00 bits per heavy atom. The lowest BCUT2D eigenvalue weighted by Gasteiger charge is -2.25. The summed E-state index contributed by atoms with van der Waals surface area (Å²) in [5.74, 6) is 0.395.